The van der Waals surface area contributed by atoms with Crippen molar-refractivity contribution in [2.75, 3.05) is 5.32 Å². The summed E-state index contributed by atoms with van der Waals surface area (Å²) in [4.78, 5) is 15.4. The zero-order chi connectivity index (χ0) is 12.3. The van der Waals surface area contributed by atoms with Crippen LogP contribution in [0.25, 0.3) is 0 Å². The molecule has 0 aliphatic rings. The molecule has 0 aliphatic heterocycles. The minimum atomic E-state index is -0.817. The Morgan fingerprint density at radius 3 is 2.41 bits per heavy atom. The molecule has 5 heteroatoms. The van der Waals surface area contributed by atoms with Crippen LogP contribution in [0.2, 0.25) is 0 Å². The van der Waals surface area contributed by atoms with Crippen molar-refractivity contribution in [3.63, 3.8) is 0 Å². The lowest BCUT2D eigenvalue weighted by atomic mass is 10.2. The van der Waals surface area contributed by atoms with Crippen LogP contribution in [0.3, 0.4) is 0 Å². The summed E-state index contributed by atoms with van der Waals surface area (Å²) in [5.74, 6) is -2.24. The second-order valence-electron chi connectivity index (χ2n) is 3.29. The van der Waals surface area contributed by atoms with E-state index in [1.54, 1.807) is 6.07 Å². The highest BCUT2D eigenvalue weighted by Crippen LogP contribution is 2.18. The Balaban J connectivity index is 2.25. The van der Waals surface area contributed by atoms with Crippen molar-refractivity contribution in [3.05, 3.63) is 59.9 Å². The summed E-state index contributed by atoms with van der Waals surface area (Å²) in [5, 5.41) is 2.17. The summed E-state index contributed by atoms with van der Waals surface area (Å²) in [5.41, 5.74) is -0.225. The van der Waals surface area contributed by atoms with Gasteiger partial charge in [0.15, 0.2) is 0 Å². The van der Waals surface area contributed by atoms with Crippen molar-refractivity contribution in [2.24, 2.45) is 0 Å². The Morgan fingerprint density at radius 1 is 1.12 bits per heavy atom. The van der Waals surface area contributed by atoms with E-state index in [1.807, 2.05) is 0 Å². The first-order chi connectivity index (χ1) is 8.18. The van der Waals surface area contributed by atoms with Crippen LogP contribution < -0.4 is 5.32 Å². The number of pyridine rings is 1. The fraction of sp³-hybridized carbons (Fsp3) is 0. The van der Waals surface area contributed by atoms with Crippen LogP contribution in [-0.2, 0) is 0 Å². The smallest absolute Gasteiger partial charge is 0.257 e. The molecule has 0 atom stereocenters. The normalized spacial score (nSPS) is 10.0. The van der Waals surface area contributed by atoms with E-state index < -0.39 is 23.2 Å². The highest BCUT2D eigenvalue weighted by atomic mass is 19.1. The predicted octanol–water partition coefficient (Wildman–Crippen LogP) is 2.61. The Hall–Kier alpha value is -2.30. The third kappa shape index (κ3) is 2.44. The maximum Gasteiger partial charge on any atom is 0.257 e. The van der Waals surface area contributed by atoms with Gasteiger partial charge in [-0.2, -0.15) is 0 Å². The predicted molar refractivity (Wildman–Crippen MR) is 58.5 cm³/mol. The van der Waals surface area contributed by atoms with E-state index in [-0.39, 0.29) is 5.56 Å². The van der Waals surface area contributed by atoms with Crippen molar-refractivity contribution in [2.45, 2.75) is 0 Å². The average Bonchev–Trinajstić information content (AvgIpc) is 2.35. The molecule has 3 nitrogen and oxygen atoms in total. The van der Waals surface area contributed by atoms with Gasteiger partial charge in [-0.15, -0.1) is 0 Å². The monoisotopic (exact) mass is 234 g/mol. The van der Waals surface area contributed by atoms with Gasteiger partial charge in [0.25, 0.3) is 5.91 Å². The summed E-state index contributed by atoms with van der Waals surface area (Å²) >= 11 is 0. The van der Waals surface area contributed by atoms with Crippen molar-refractivity contribution < 1.29 is 13.6 Å². The molecule has 17 heavy (non-hydrogen) atoms. The third-order valence-corrected chi connectivity index (χ3v) is 2.13. The number of nitrogens with one attached hydrogen (secondary N) is 1. The van der Waals surface area contributed by atoms with E-state index in [0.29, 0.717) is 0 Å². The molecule has 0 saturated carbocycles. The number of anilines is 1. The summed E-state index contributed by atoms with van der Waals surface area (Å²) < 4.78 is 26.5. The molecule has 2 rings (SSSR count). The van der Waals surface area contributed by atoms with Crippen LogP contribution in [0, 0.1) is 11.6 Å². The number of para-hydroxylation sites is 1. The quantitative estimate of drug-likeness (QED) is 0.867. The second-order valence-corrected chi connectivity index (χ2v) is 3.29. The Labute approximate surface area is 96.1 Å². The SMILES string of the molecule is O=C(Nc1c(F)cccc1F)c1cccnc1. The maximum absolute atomic E-state index is 13.3. The molecule has 1 aromatic heterocycles. The van der Waals surface area contributed by atoms with Gasteiger partial charge >= 0.3 is 0 Å². The van der Waals surface area contributed by atoms with Gasteiger partial charge in [-0.25, -0.2) is 8.78 Å². The van der Waals surface area contributed by atoms with Crippen LogP contribution in [0.4, 0.5) is 14.5 Å². The number of amides is 1. The zero-order valence-electron chi connectivity index (χ0n) is 8.65. The molecule has 0 fully saturated rings. The van der Waals surface area contributed by atoms with Crippen LogP contribution in [0.5, 0.6) is 0 Å². The van der Waals surface area contributed by atoms with Gasteiger partial charge < -0.3 is 5.32 Å². The molecular weight excluding hydrogens is 226 g/mol. The van der Waals surface area contributed by atoms with Gasteiger partial charge in [-0.3, -0.25) is 9.78 Å². The molecule has 1 N–H and O–H groups in total. The molecule has 1 aromatic carbocycles. The molecule has 0 unspecified atom stereocenters. The average molecular weight is 234 g/mol. The standard InChI is InChI=1S/C12H8F2N2O/c13-9-4-1-5-10(14)11(9)16-12(17)8-3-2-6-15-7-8/h1-7H,(H,16,17). The Kier molecular flexibility index (Phi) is 3.09. The Morgan fingerprint density at radius 2 is 1.82 bits per heavy atom. The van der Waals surface area contributed by atoms with Gasteiger partial charge in [0, 0.05) is 12.4 Å². The number of carbonyl (C=O) groups excluding carboxylic acids is 1. The number of aromatic nitrogens is 1. The highest BCUT2D eigenvalue weighted by molar-refractivity contribution is 6.04. The number of benzene rings is 1. The van der Waals surface area contributed by atoms with Crippen LogP contribution in [0.15, 0.2) is 42.7 Å². The summed E-state index contributed by atoms with van der Waals surface area (Å²) in [7, 11) is 0. The van der Waals surface area contributed by atoms with Gasteiger partial charge in [-0.05, 0) is 24.3 Å². The van der Waals surface area contributed by atoms with Crippen molar-refractivity contribution >= 4 is 11.6 Å². The molecule has 0 radical (unpaired) electrons. The van der Waals surface area contributed by atoms with E-state index in [2.05, 4.69) is 10.3 Å². The fourth-order valence-corrected chi connectivity index (χ4v) is 1.30. The number of hydrogen-bond donors (Lipinski definition) is 1. The first-order valence-electron chi connectivity index (χ1n) is 4.84. The van der Waals surface area contributed by atoms with E-state index in [1.165, 1.54) is 24.5 Å². The number of nitrogens with zero attached hydrogens (tertiary/aromatic N) is 1. The van der Waals surface area contributed by atoms with E-state index in [0.717, 1.165) is 12.1 Å². The van der Waals surface area contributed by atoms with Gasteiger partial charge in [0.05, 0.1) is 5.56 Å². The lowest BCUT2D eigenvalue weighted by Gasteiger charge is -2.06. The van der Waals surface area contributed by atoms with Crippen LogP contribution in [-0.4, -0.2) is 10.9 Å². The molecule has 86 valence electrons. The van der Waals surface area contributed by atoms with E-state index in [4.69, 9.17) is 0 Å². The maximum atomic E-state index is 13.3. The van der Waals surface area contributed by atoms with E-state index >= 15 is 0 Å². The highest BCUT2D eigenvalue weighted by Gasteiger charge is 2.12. The number of halogens is 2. The fourth-order valence-electron chi connectivity index (χ4n) is 1.30. The zero-order valence-corrected chi connectivity index (χ0v) is 8.65. The van der Waals surface area contributed by atoms with Crippen molar-refractivity contribution in [3.8, 4) is 0 Å². The largest absolute Gasteiger partial charge is 0.317 e. The molecule has 0 bridgehead atoms. The summed E-state index contributed by atoms with van der Waals surface area (Å²) in [6.45, 7) is 0. The second kappa shape index (κ2) is 4.69. The molecule has 0 saturated heterocycles. The lowest BCUT2D eigenvalue weighted by molar-refractivity contribution is 0.102. The molecule has 1 heterocycles. The minimum Gasteiger partial charge on any atom is -0.317 e. The van der Waals surface area contributed by atoms with E-state index in [9.17, 15) is 13.6 Å². The molecule has 2 aromatic rings. The van der Waals surface area contributed by atoms with Crippen LogP contribution in [0.1, 0.15) is 10.4 Å². The lowest BCUT2D eigenvalue weighted by Crippen LogP contribution is -2.14. The molecule has 1 amide bonds. The summed E-state index contributed by atoms with van der Waals surface area (Å²) in [6.07, 6.45) is 2.81. The number of hydrogen-bond acceptors (Lipinski definition) is 2. The first kappa shape index (κ1) is 11.2. The summed E-state index contributed by atoms with van der Waals surface area (Å²) in [6, 6.07) is 6.43. The van der Waals surface area contributed by atoms with Gasteiger partial charge in [0.2, 0.25) is 0 Å². The van der Waals surface area contributed by atoms with Gasteiger partial charge in [0.1, 0.15) is 17.3 Å². The molecule has 0 spiro atoms. The van der Waals surface area contributed by atoms with Crippen molar-refractivity contribution in [1.82, 2.24) is 4.98 Å². The van der Waals surface area contributed by atoms with Gasteiger partial charge in [-0.1, -0.05) is 6.07 Å². The first-order valence-corrected chi connectivity index (χ1v) is 4.84. The number of rotatable bonds is 2. The molecular formula is C12H8F2N2O. The minimum absolute atomic E-state index is 0.232. The van der Waals surface area contributed by atoms with Crippen LogP contribution >= 0.6 is 0 Å². The topological polar surface area (TPSA) is 42.0 Å². The third-order valence-electron chi connectivity index (χ3n) is 2.13. The Bertz CT molecular complexity index is 523. The molecule has 0 aliphatic carbocycles. The van der Waals surface area contributed by atoms with Crippen molar-refractivity contribution in [1.29, 1.82) is 0 Å². The number of carbonyl (C=O) groups is 1.